The topological polar surface area (TPSA) is 106 Å². The molecule has 0 radical (unpaired) electrons. The van der Waals surface area contributed by atoms with Crippen molar-refractivity contribution in [1.29, 1.82) is 0 Å². The molecule has 0 fully saturated rings. The van der Waals surface area contributed by atoms with Crippen molar-refractivity contribution in [2.75, 3.05) is 23.4 Å². The number of hydrogen-bond acceptors (Lipinski definition) is 7. The number of ether oxygens (including phenoxy) is 1. The fourth-order valence-electron chi connectivity index (χ4n) is 4.51. The third-order valence-electron chi connectivity index (χ3n) is 6.37. The Labute approximate surface area is 227 Å². The minimum absolute atomic E-state index is 0.190. The van der Waals surface area contributed by atoms with Gasteiger partial charge in [0.2, 0.25) is 10.9 Å². The number of carbonyl (C=O) groups is 2. The maximum absolute atomic E-state index is 13.6. The Bertz CT molecular complexity index is 1840. The maximum atomic E-state index is 13.6. The van der Waals surface area contributed by atoms with Gasteiger partial charge in [-0.1, -0.05) is 47.2 Å². The molecule has 0 unspecified atom stereocenters. The van der Waals surface area contributed by atoms with E-state index < -0.39 is 11.5 Å². The Kier molecular flexibility index (Phi) is 6.16. The van der Waals surface area contributed by atoms with E-state index in [4.69, 9.17) is 4.74 Å². The monoisotopic (exact) mass is 537 g/mol. The van der Waals surface area contributed by atoms with Crippen LogP contribution in [-0.2, 0) is 9.59 Å². The molecule has 3 aromatic carbocycles. The number of aromatic nitrogens is 3. The van der Waals surface area contributed by atoms with E-state index in [1.54, 1.807) is 24.3 Å². The summed E-state index contributed by atoms with van der Waals surface area (Å²) >= 11 is 1.11. The number of aryl methyl sites for hydroxylation is 1. The van der Waals surface area contributed by atoms with E-state index in [1.165, 1.54) is 9.42 Å². The molecule has 0 atom stereocenters. The lowest BCUT2D eigenvalue weighted by Crippen LogP contribution is -2.37. The normalized spacial score (nSPS) is 14.1. The minimum Gasteiger partial charge on any atom is -0.494 e. The van der Waals surface area contributed by atoms with E-state index >= 15 is 0 Å². The van der Waals surface area contributed by atoms with Crippen LogP contribution in [0.2, 0.25) is 0 Å². The molecule has 0 bridgehead atoms. The van der Waals surface area contributed by atoms with Crippen LogP contribution >= 0.6 is 11.3 Å². The van der Waals surface area contributed by atoms with Gasteiger partial charge in [-0.3, -0.25) is 19.3 Å². The first-order valence-corrected chi connectivity index (χ1v) is 13.2. The first kappa shape index (κ1) is 24.5. The van der Waals surface area contributed by atoms with Crippen molar-refractivity contribution in [3.63, 3.8) is 0 Å². The van der Waals surface area contributed by atoms with Crippen LogP contribution in [0.1, 0.15) is 18.1 Å². The van der Waals surface area contributed by atoms with Gasteiger partial charge in [0.05, 0.1) is 17.9 Å². The van der Waals surface area contributed by atoms with Crippen LogP contribution in [0.4, 0.5) is 11.4 Å². The molecule has 0 spiro atoms. The summed E-state index contributed by atoms with van der Waals surface area (Å²) in [6.45, 7) is 4.25. The number of thiazole rings is 1. The summed E-state index contributed by atoms with van der Waals surface area (Å²) < 4.78 is 6.94. The van der Waals surface area contributed by atoms with Crippen LogP contribution in [0.3, 0.4) is 0 Å². The van der Waals surface area contributed by atoms with Crippen LogP contribution in [0.15, 0.2) is 77.6 Å². The highest BCUT2D eigenvalue weighted by molar-refractivity contribution is 7.15. The van der Waals surface area contributed by atoms with Gasteiger partial charge in [0.15, 0.2) is 5.82 Å². The van der Waals surface area contributed by atoms with Gasteiger partial charge in [0, 0.05) is 16.8 Å². The van der Waals surface area contributed by atoms with Gasteiger partial charge in [-0.05, 0) is 56.3 Å². The molecule has 3 heterocycles. The molecule has 0 aliphatic carbocycles. The number of fused-ring (bicyclic) bond motifs is 2. The molecule has 1 aliphatic heterocycles. The number of benzene rings is 3. The van der Waals surface area contributed by atoms with Crippen molar-refractivity contribution in [2.45, 2.75) is 13.8 Å². The van der Waals surface area contributed by atoms with Gasteiger partial charge < -0.3 is 10.1 Å². The highest BCUT2D eigenvalue weighted by Gasteiger charge is 2.35. The second kappa shape index (κ2) is 9.80. The van der Waals surface area contributed by atoms with Crippen LogP contribution in [0.5, 0.6) is 5.75 Å². The average molecular weight is 538 g/mol. The van der Waals surface area contributed by atoms with E-state index in [9.17, 15) is 14.4 Å². The Hall–Kier alpha value is -4.83. The molecule has 1 aliphatic rings. The first-order chi connectivity index (χ1) is 18.9. The summed E-state index contributed by atoms with van der Waals surface area (Å²) in [5, 5.41) is 7.24. The fraction of sp³-hybridized carbons (Fsp3) is 0.138. The lowest BCUT2D eigenvalue weighted by Gasteiger charge is -2.16. The molecule has 10 heteroatoms. The summed E-state index contributed by atoms with van der Waals surface area (Å²) in [6, 6.07) is 21.9. The van der Waals surface area contributed by atoms with Crippen molar-refractivity contribution in [3.05, 3.63) is 98.8 Å². The lowest BCUT2D eigenvalue weighted by atomic mass is 10.1. The smallest absolute Gasteiger partial charge is 0.291 e. The summed E-state index contributed by atoms with van der Waals surface area (Å²) in [5.74, 6) is 0.392. The van der Waals surface area contributed by atoms with E-state index in [0.29, 0.717) is 34.3 Å². The number of carbonyl (C=O) groups excluding carboxylic acids is 2. The molecule has 0 saturated heterocycles. The van der Waals surface area contributed by atoms with Gasteiger partial charge in [0.25, 0.3) is 11.5 Å². The molecule has 6 rings (SSSR count). The van der Waals surface area contributed by atoms with E-state index in [-0.39, 0.29) is 22.6 Å². The molecule has 1 N–H and O–H groups in total. The van der Waals surface area contributed by atoms with Crippen LogP contribution < -0.4 is 25.0 Å². The van der Waals surface area contributed by atoms with Gasteiger partial charge in [-0.2, -0.15) is 9.50 Å². The first-order valence-electron chi connectivity index (χ1n) is 12.4. The summed E-state index contributed by atoms with van der Waals surface area (Å²) in [5.41, 5.74) is 3.46. The van der Waals surface area contributed by atoms with Crippen molar-refractivity contribution >= 4 is 45.1 Å². The molecule has 2 amide bonds. The van der Waals surface area contributed by atoms with Crippen molar-refractivity contribution in [1.82, 2.24) is 14.6 Å². The third-order valence-corrected chi connectivity index (χ3v) is 7.40. The van der Waals surface area contributed by atoms with Gasteiger partial charge in [-0.25, -0.2) is 0 Å². The van der Waals surface area contributed by atoms with Crippen LogP contribution in [0, 0.1) is 6.92 Å². The SMILES string of the molecule is CCOc1ccc(-c2nc3s/c(=C4\C(=O)N(CC(=O)Nc5ccc(C)cc5)c5ccccc54)c(=O)n3n2)cc1. The van der Waals surface area contributed by atoms with Gasteiger partial charge in [-0.15, -0.1) is 5.10 Å². The Balaban J connectivity index is 1.35. The van der Waals surface area contributed by atoms with Gasteiger partial charge in [0.1, 0.15) is 16.8 Å². The van der Waals surface area contributed by atoms with E-state index in [1.807, 2.05) is 62.4 Å². The molecule has 194 valence electrons. The zero-order valence-electron chi connectivity index (χ0n) is 21.2. The largest absolute Gasteiger partial charge is 0.494 e. The van der Waals surface area contributed by atoms with Crippen molar-refractivity contribution in [3.8, 4) is 17.1 Å². The fourth-order valence-corrected chi connectivity index (χ4v) is 5.51. The average Bonchev–Trinajstić information content (AvgIpc) is 3.57. The van der Waals surface area contributed by atoms with Crippen LogP contribution in [-0.4, -0.2) is 39.6 Å². The summed E-state index contributed by atoms with van der Waals surface area (Å²) in [6.07, 6.45) is 0. The molecular weight excluding hydrogens is 514 g/mol. The number of para-hydroxylation sites is 1. The zero-order valence-corrected chi connectivity index (χ0v) is 22.0. The van der Waals surface area contributed by atoms with E-state index in [0.717, 1.165) is 28.2 Å². The third kappa shape index (κ3) is 4.44. The summed E-state index contributed by atoms with van der Waals surface area (Å²) in [4.78, 5) is 46.2. The predicted molar refractivity (Wildman–Crippen MR) is 150 cm³/mol. The lowest BCUT2D eigenvalue weighted by molar-refractivity contribution is -0.118. The van der Waals surface area contributed by atoms with Gasteiger partial charge >= 0.3 is 0 Å². The molecule has 9 nitrogen and oxygen atoms in total. The quantitative estimate of drug-likeness (QED) is 0.356. The number of amides is 2. The second-order valence-corrected chi connectivity index (χ2v) is 10.00. The highest BCUT2D eigenvalue weighted by atomic mass is 32.1. The molecule has 5 aromatic rings. The minimum atomic E-state index is -0.427. The number of anilines is 2. The predicted octanol–water partition coefficient (Wildman–Crippen LogP) is 3.43. The highest BCUT2D eigenvalue weighted by Crippen LogP contribution is 2.35. The number of nitrogens with zero attached hydrogens (tertiary/aromatic N) is 4. The molecular formula is C29H23N5O4S. The molecule has 2 aromatic heterocycles. The Morgan fingerprint density at radius 1 is 1.00 bits per heavy atom. The Morgan fingerprint density at radius 2 is 1.74 bits per heavy atom. The number of nitrogens with one attached hydrogen (secondary N) is 1. The van der Waals surface area contributed by atoms with Crippen LogP contribution in [0.25, 0.3) is 21.9 Å². The summed E-state index contributed by atoms with van der Waals surface area (Å²) in [7, 11) is 0. The van der Waals surface area contributed by atoms with Crippen molar-refractivity contribution in [2.24, 2.45) is 0 Å². The number of hydrogen-bond donors (Lipinski definition) is 1. The number of rotatable bonds is 6. The van der Waals surface area contributed by atoms with E-state index in [2.05, 4.69) is 15.4 Å². The zero-order chi connectivity index (χ0) is 27.1. The molecule has 39 heavy (non-hydrogen) atoms. The van der Waals surface area contributed by atoms with Crippen molar-refractivity contribution < 1.29 is 14.3 Å². The molecule has 0 saturated carbocycles. The Morgan fingerprint density at radius 3 is 2.46 bits per heavy atom. The maximum Gasteiger partial charge on any atom is 0.291 e. The standard InChI is InChI=1S/C29H23N5O4S/c1-3-38-20-14-10-18(11-15-20)26-31-29-34(32-26)28(37)25(39-29)24-21-6-4-5-7-22(21)33(27(24)36)16-23(35)30-19-12-8-17(2)9-13-19/h4-15H,3,16H2,1-2H3,(H,30,35)/b25-24-. The second-order valence-electron chi connectivity index (χ2n) is 9.02.